The van der Waals surface area contributed by atoms with Gasteiger partial charge in [0.15, 0.2) is 0 Å². The molecule has 6 nitrogen and oxygen atoms in total. The summed E-state index contributed by atoms with van der Waals surface area (Å²) in [4.78, 5) is 28.8. The number of rotatable bonds is 4. The quantitative estimate of drug-likeness (QED) is 0.784. The number of carbonyl (C=O) groups excluding carboxylic acids is 2. The van der Waals surface area contributed by atoms with Gasteiger partial charge in [-0.2, -0.15) is 5.10 Å². The molecule has 0 unspecified atom stereocenters. The number of hydrogen-bond acceptors (Lipinski definition) is 3. The van der Waals surface area contributed by atoms with Gasteiger partial charge in [0.25, 0.3) is 0 Å². The second-order valence-corrected chi connectivity index (χ2v) is 7.66. The number of hydrogen-bond donors (Lipinski definition) is 0. The van der Waals surface area contributed by atoms with Gasteiger partial charge < -0.3 is 9.80 Å². The number of amides is 2. The topological polar surface area (TPSA) is 58.4 Å². The minimum Gasteiger partial charge on any atom is -0.339 e. The molecule has 0 N–H and O–H groups in total. The second-order valence-electron chi connectivity index (χ2n) is 7.66. The van der Waals surface area contributed by atoms with Crippen LogP contribution in [0.1, 0.15) is 38.7 Å². The molecular formula is C19H28N4O2. The number of piperidine rings is 2. The molecule has 0 aromatic carbocycles. The van der Waals surface area contributed by atoms with Gasteiger partial charge in [-0.3, -0.25) is 14.3 Å². The first-order valence-electron chi connectivity index (χ1n) is 9.19. The van der Waals surface area contributed by atoms with Crippen LogP contribution >= 0.6 is 0 Å². The molecule has 0 spiro atoms. The van der Waals surface area contributed by atoms with E-state index in [9.17, 15) is 9.59 Å². The summed E-state index contributed by atoms with van der Waals surface area (Å²) in [5, 5.41) is 4.10. The van der Waals surface area contributed by atoms with Crippen LogP contribution in [-0.2, 0) is 16.6 Å². The molecule has 2 saturated heterocycles. The Morgan fingerprint density at radius 3 is 2.88 bits per heavy atom. The van der Waals surface area contributed by atoms with Crippen LogP contribution in [0, 0.1) is 11.8 Å². The highest BCUT2D eigenvalue weighted by atomic mass is 16.2. The molecule has 3 heterocycles. The average Bonchev–Trinajstić information content (AvgIpc) is 3.00. The van der Waals surface area contributed by atoms with Gasteiger partial charge >= 0.3 is 0 Å². The molecule has 3 rings (SSSR count). The van der Waals surface area contributed by atoms with Gasteiger partial charge in [-0.05, 0) is 30.8 Å². The van der Waals surface area contributed by atoms with Crippen LogP contribution < -0.4 is 0 Å². The van der Waals surface area contributed by atoms with Gasteiger partial charge in [0.1, 0.15) is 0 Å². The van der Waals surface area contributed by atoms with E-state index in [2.05, 4.69) is 23.8 Å². The summed E-state index contributed by atoms with van der Waals surface area (Å²) < 4.78 is 1.72. The maximum absolute atomic E-state index is 12.5. The fraction of sp³-hybridized carbons (Fsp3) is 0.632. The predicted molar refractivity (Wildman–Crippen MR) is 96.5 cm³/mol. The lowest BCUT2D eigenvalue weighted by Crippen LogP contribution is -2.57. The summed E-state index contributed by atoms with van der Waals surface area (Å²) in [6, 6.07) is 0.301. The summed E-state index contributed by atoms with van der Waals surface area (Å²) in [6.45, 7) is 6.61. The summed E-state index contributed by atoms with van der Waals surface area (Å²) in [5.41, 5.74) is 0.928. The monoisotopic (exact) mass is 344 g/mol. The van der Waals surface area contributed by atoms with Crippen LogP contribution in [0.5, 0.6) is 0 Å². The Kier molecular flexibility index (Phi) is 5.25. The summed E-state index contributed by atoms with van der Waals surface area (Å²) in [6.07, 6.45) is 9.47. The number of fused-ring (bicyclic) bond motifs is 1. The average molecular weight is 344 g/mol. The Morgan fingerprint density at radius 1 is 1.40 bits per heavy atom. The van der Waals surface area contributed by atoms with E-state index in [1.807, 2.05) is 24.2 Å². The summed E-state index contributed by atoms with van der Waals surface area (Å²) in [7, 11) is 1.86. The van der Waals surface area contributed by atoms with Crippen molar-refractivity contribution in [3.8, 4) is 0 Å². The molecule has 0 saturated carbocycles. The zero-order valence-corrected chi connectivity index (χ0v) is 15.4. The van der Waals surface area contributed by atoms with Crippen molar-refractivity contribution < 1.29 is 9.59 Å². The van der Waals surface area contributed by atoms with Crippen LogP contribution in [0.3, 0.4) is 0 Å². The third kappa shape index (κ3) is 4.11. The first-order chi connectivity index (χ1) is 11.9. The van der Waals surface area contributed by atoms with Crippen molar-refractivity contribution >= 4 is 17.9 Å². The third-order valence-electron chi connectivity index (χ3n) is 5.16. The maximum atomic E-state index is 12.5. The zero-order valence-electron chi connectivity index (χ0n) is 15.4. The highest BCUT2D eigenvalue weighted by molar-refractivity contribution is 5.91. The van der Waals surface area contributed by atoms with Gasteiger partial charge in [-0.15, -0.1) is 0 Å². The molecule has 1 aromatic heterocycles. The molecule has 2 aliphatic rings. The molecule has 0 bridgehead atoms. The number of likely N-dealkylation sites (tertiary alicyclic amines) is 2. The van der Waals surface area contributed by atoms with Gasteiger partial charge in [0, 0.05) is 57.0 Å². The summed E-state index contributed by atoms with van der Waals surface area (Å²) in [5.74, 6) is 1.21. The molecule has 136 valence electrons. The predicted octanol–water partition coefficient (Wildman–Crippen LogP) is 1.93. The highest BCUT2D eigenvalue weighted by Crippen LogP contribution is 2.32. The van der Waals surface area contributed by atoms with Gasteiger partial charge in [-0.1, -0.05) is 13.8 Å². The van der Waals surface area contributed by atoms with E-state index >= 15 is 0 Å². The van der Waals surface area contributed by atoms with Crippen molar-refractivity contribution in [2.45, 2.75) is 39.2 Å². The van der Waals surface area contributed by atoms with Gasteiger partial charge in [0.05, 0.1) is 6.20 Å². The molecule has 2 fully saturated rings. The molecule has 2 amide bonds. The second kappa shape index (κ2) is 7.42. The SMILES string of the molecule is CC(C)CN1C(=O)CC[C@H]2CN(C(=O)/C=C/c3cnn(C)c3)CC[C@H]21. The zero-order chi connectivity index (χ0) is 18.0. The Labute approximate surface area is 149 Å². The maximum Gasteiger partial charge on any atom is 0.246 e. The van der Waals surface area contributed by atoms with Crippen LogP contribution in [0.25, 0.3) is 6.08 Å². The van der Waals surface area contributed by atoms with Crippen molar-refractivity contribution in [3.05, 3.63) is 24.0 Å². The van der Waals surface area contributed by atoms with Crippen LogP contribution in [-0.4, -0.2) is 57.1 Å². The largest absolute Gasteiger partial charge is 0.339 e. The molecular weight excluding hydrogens is 316 g/mol. The number of aromatic nitrogens is 2. The lowest BCUT2D eigenvalue weighted by atomic mass is 9.83. The molecule has 25 heavy (non-hydrogen) atoms. The summed E-state index contributed by atoms with van der Waals surface area (Å²) >= 11 is 0. The lowest BCUT2D eigenvalue weighted by Gasteiger charge is -2.47. The minimum atomic E-state index is 0.0506. The first kappa shape index (κ1) is 17.7. The fourth-order valence-electron chi connectivity index (χ4n) is 3.98. The molecule has 2 atom stereocenters. The molecule has 0 radical (unpaired) electrons. The third-order valence-corrected chi connectivity index (χ3v) is 5.16. The van der Waals surface area contributed by atoms with E-state index in [1.54, 1.807) is 17.0 Å². The van der Waals surface area contributed by atoms with E-state index in [0.717, 1.165) is 38.0 Å². The van der Waals surface area contributed by atoms with Gasteiger partial charge in [0.2, 0.25) is 11.8 Å². The van der Waals surface area contributed by atoms with Crippen molar-refractivity contribution in [2.24, 2.45) is 18.9 Å². The standard InChI is InChI=1S/C19H28N4O2/c1-14(2)11-23-17-8-9-22(13-16(17)5-7-19(23)25)18(24)6-4-15-10-20-21(3)12-15/h4,6,10,12,14,16-17H,5,7-9,11,13H2,1-3H3/b6-4+/t16-,17+/m0/s1. The fourth-order valence-corrected chi connectivity index (χ4v) is 3.98. The molecule has 0 aliphatic carbocycles. The Morgan fingerprint density at radius 2 is 2.20 bits per heavy atom. The normalized spacial score (nSPS) is 24.2. The van der Waals surface area contributed by atoms with Crippen molar-refractivity contribution in [1.29, 1.82) is 0 Å². The number of carbonyl (C=O) groups is 2. The van der Waals surface area contributed by atoms with E-state index < -0.39 is 0 Å². The molecule has 6 heteroatoms. The smallest absolute Gasteiger partial charge is 0.246 e. The van der Waals surface area contributed by atoms with Crippen molar-refractivity contribution in [2.75, 3.05) is 19.6 Å². The number of aryl methyl sites for hydroxylation is 1. The van der Waals surface area contributed by atoms with E-state index in [-0.39, 0.29) is 11.8 Å². The Bertz CT molecular complexity index is 664. The lowest BCUT2D eigenvalue weighted by molar-refractivity contribution is -0.143. The first-order valence-corrected chi connectivity index (χ1v) is 9.19. The minimum absolute atomic E-state index is 0.0506. The van der Waals surface area contributed by atoms with Crippen LogP contribution in [0.15, 0.2) is 18.5 Å². The van der Waals surface area contributed by atoms with Crippen molar-refractivity contribution in [3.63, 3.8) is 0 Å². The van der Waals surface area contributed by atoms with E-state index in [4.69, 9.17) is 0 Å². The molecule has 2 aliphatic heterocycles. The Balaban J connectivity index is 1.61. The van der Waals surface area contributed by atoms with E-state index in [0.29, 0.717) is 24.3 Å². The van der Waals surface area contributed by atoms with E-state index in [1.165, 1.54) is 0 Å². The Hall–Kier alpha value is -2.11. The molecule has 1 aromatic rings. The van der Waals surface area contributed by atoms with Crippen LogP contribution in [0.2, 0.25) is 0 Å². The number of nitrogens with zero attached hydrogens (tertiary/aromatic N) is 4. The highest BCUT2D eigenvalue weighted by Gasteiger charge is 2.39. The van der Waals surface area contributed by atoms with Crippen molar-refractivity contribution in [1.82, 2.24) is 19.6 Å². The van der Waals surface area contributed by atoms with Gasteiger partial charge in [-0.25, -0.2) is 0 Å². The van der Waals surface area contributed by atoms with Crippen LogP contribution in [0.4, 0.5) is 0 Å².